The number of aromatic nitrogens is 1. The number of halogens is 1. The van der Waals surface area contributed by atoms with Crippen molar-refractivity contribution >= 4 is 28.5 Å². The molecule has 4 rings (SSSR count). The van der Waals surface area contributed by atoms with E-state index in [-0.39, 0.29) is 12.0 Å². The van der Waals surface area contributed by atoms with Gasteiger partial charge in [0.25, 0.3) is 0 Å². The van der Waals surface area contributed by atoms with Gasteiger partial charge in [0, 0.05) is 22.7 Å². The van der Waals surface area contributed by atoms with Gasteiger partial charge in [-0.1, -0.05) is 17.7 Å². The highest BCUT2D eigenvalue weighted by molar-refractivity contribution is 6.35. The van der Waals surface area contributed by atoms with Crippen molar-refractivity contribution < 1.29 is 9.53 Å². The summed E-state index contributed by atoms with van der Waals surface area (Å²) in [5, 5.41) is 5.06. The third-order valence-corrected chi connectivity index (χ3v) is 4.91. The van der Waals surface area contributed by atoms with Crippen LogP contribution in [0.2, 0.25) is 5.02 Å². The number of rotatable bonds is 1. The minimum atomic E-state index is -0.742. The van der Waals surface area contributed by atoms with Crippen LogP contribution in [-0.2, 0) is 21.6 Å². The first-order chi connectivity index (χ1) is 10.1. The molecule has 1 aliphatic carbocycles. The number of nitrogens with one attached hydrogen (secondary N) is 2. The number of carbonyl (C=O) groups is 1. The predicted molar refractivity (Wildman–Crippen MR) is 81.4 cm³/mol. The third kappa shape index (κ3) is 1.52. The Balaban J connectivity index is 2.07. The molecule has 4 nitrogen and oxygen atoms in total. The molecule has 2 atom stereocenters. The lowest BCUT2D eigenvalue weighted by molar-refractivity contribution is -0.149. The Morgan fingerprint density at radius 2 is 2.29 bits per heavy atom. The molecule has 0 saturated carbocycles. The lowest BCUT2D eigenvalue weighted by Crippen LogP contribution is -2.50. The van der Waals surface area contributed by atoms with Gasteiger partial charge in [-0.2, -0.15) is 0 Å². The van der Waals surface area contributed by atoms with Crippen LogP contribution in [0.5, 0.6) is 0 Å². The number of hydrogen-bond acceptors (Lipinski definition) is 3. The first-order valence-electron chi connectivity index (χ1n) is 6.96. The highest BCUT2D eigenvalue weighted by atomic mass is 35.5. The van der Waals surface area contributed by atoms with Crippen molar-refractivity contribution in [1.29, 1.82) is 0 Å². The van der Waals surface area contributed by atoms with E-state index >= 15 is 0 Å². The molecule has 1 aromatic heterocycles. The van der Waals surface area contributed by atoms with Gasteiger partial charge < -0.3 is 15.0 Å². The van der Waals surface area contributed by atoms with Crippen LogP contribution in [-0.4, -0.2) is 24.0 Å². The Kier molecular flexibility index (Phi) is 2.53. The van der Waals surface area contributed by atoms with E-state index in [2.05, 4.69) is 10.3 Å². The molecule has 0 amide bonds. The zero-order chi connectivity index (χ0) is 14.8. The van der Waals surface area contributed by atoms with E-state index in [0.29, 0.717) is 10.6 Å². The van der Waals surface area contributed by atoms with Crippen molar-refractivity contribution in [3.63, 3.8) is 0 Å². The fraction of sp³-hybridized carbons (Fsp3) is 0.312. The summed E-state index contributed by atoms with van der Waals surface area (Å²) in [6.45, 7) is 1.80. The van der Waals surface area contributed by atoms with Crippen LogP contribution in [0.1, 0.15) is 18.1 Å². The zero-order valence-electron chi connectivity index (χ0n) is 11.8. The van der Waals surface area contributed by atoms with Gasteiger partial charge >= 0.3 is 5.97 Å². The van der Waals surface area contributed by atoms with Gasteiger partial charge in [0.05, 0.1) is 16.6 Å². The minimum absolute atomic E-state index is 0.00609. The summed E-state index contributed by atoms with van der Waals surface area (Å²) in [5.41, 5.74) is 3.01. The molecular formula is C16H15ClN2O2. The predicted octanol–water partition coefficient (Wildman–Crippen LogP) is 2.66. The number of fused-ring (bicyclic) bond motifs is 1. The molecule has 2 aliphatic rings. The van der Waals surface area contributed by atoms with Gasteiger partial charge in [-0.3, -0.25) is 0 Å². The number of esters is 1. The van der Waals surface area contributed by atoms with Crippen molar-refractivity contribution in [2.24, 2.45) is 0 Å². The number of aromatic amines is 1. The van der Waals surface area contributed by atoms with Crippen LogP contribution in [0.3, 0.4) is 0 Å². The summed E-state index contributed by atoms with van der Waals surface area (Å²) in [6.07, 6.45) is 4.71. The summed E-state index contributed by atoms with van der Waals surface area (Å²) >= 11 is 6.28. The van der Waals surface area contributed by atoms with Gasteiger partial charge in [-0.05, 0) is 38.1 Å². The van der Waals surface area contributed by atoms with Crippen LogP contribution >= 0.6 is 11.6 Å². The summed E-state index contributed by atoms with van der Waals surface area (Å²) in [5.74, 6) is -0.252. The van der Waals surface area contributed by atoms with E-state index in [1.807, 2.05) is 31.5 Å². The number of H-pyrrole nitrogens is 1. The summed E-state index contributed by atoms with van der Waals surface area (Å²) < 4.78 is 5.81. The average Bonchev–Trinajstić information content (AvgIpc) is 3.00. The fourth-order valence-electron chi connectivity index (χ4n) is 3.59. The molecule has 5 heteroatoms. The van der Waals surface area contributed by atoms with Crippen molar-refractivity contribution in [2.45, 2.75) is 25.0 Å². The van der Waals surface area contributed by atoms with Crippen LogP contribution in [0.15, 0.2) is 30.0 Å². The SMILES string of the molecule is CNC1Cc2c[nH]c3c(Cl)ccc(c23)[C@@]12C=C(C)C(=O)O2. The second-order valence-electron chi connectivity index (χ2n) is 5.71. The Bertz CT molecular complexity index is 808. The maximum Gasteiger partial charge on any atom is 0.334 e. The molecule has 2 N–H and O–H groups in total. The standard InChI is InChI=1S/C16H15ClN2O2/c1-8-6-16(21-15(8)20)10-3-4-11(17)14-13(10)9(7-19-14)5-12(16)18-2/h3-4,6-7,12,18-19H,5H2,1-2H3/t12?,16-/m0/s1. The molecule has 0 saturated heterocycles. The lowest BCUT2D eigenvalue weighted by atomic mass is 9.76. The molecule has 108 valence electrons. The van der Waals surface area contributed by atoms with E-state index < -0.39 is 5.60 Å². The molecule has 21 heavy (non-hydrogen) atoms. The van der Waals surface area contributed by atoms with E-state index in [1.54, 1.807) is 6.92 Å². The molecule has 1 spiro atoms. The van der Waals surface area contributed by atoms with Gasteiger partial charge in [0.2, 0.25) is 0 Å². The van der Waals surface area contributed by atoms with Crippen molar-refractivity contribution in [1.82, 2.24) is 10.3 Å². The number of likely N-dealkylation sites (N-methyl/N-ethyl adjacent to an activating group) is 1. The second-order valence-corrected chi connectivity index (χ2v) is 6.12. The minimum Gasteiger partial charge on any atom is -0.445 e. The lowest BCUT2D eigenvalue weighted by Gasteiger charge is -2.39. The molecule has 0 radical (unpaired) electrons. The highest BCUT2D eigenvalue weighted by Crippen LogP contribution is 2.47. The normalized spacial score (nSPS) is 27.3. The number of hydrogen-bond donors (Lipinski definition) is 2. The Hall–Kier alpha value is -1.78. The largest absolute Gasteiger partial charge is 0.445 e. The molecule has 0 fully saturated rings. The topological polar surface area (TPSA) is 54.1 Å². The summed E-state index contributed by atoms with van der Waals surface area (Å²) in [7, 11) is 1.90. The van der Waals surface area contributed by atoms with E-state index in [1.165, 1.54) is 5.56 Å². The number of ether oxygens (including phenoxy) is 1. The summed E-state index contributed by atoms with van der Waals surface area (Å²) in [4.78, 5) is 15.2. The van der Waals surface area contributed by atoms with Crippen molar-refractivity contribution in [3.05, 3.63) is 46.1 Å². The maximum atomic E-state index is 12.0. The quantitative estimate of drug-likeness (QED) is 0.796. The molecule has 2 aromatic rings. The van der Waals surface area contributed by atoms with Crippen LogP contribution in [0.25, 0.3) is 10.9 Å². The number of carbonyl (C=O) groups excluding carboxylic acids is 1. The smallest absolute Gasteiger partial charge is 0.334 e. The van der Waals surface area contributed by atoms with Gasteiger partial charge in [0.1, 0.15) is 0 Å². The van der Waals surface area contributed by atoms with E-state index in [0.717, 1.165) is 22.9 Å². The number of benzene rings is 1. The zero-order valence-corrected chi connectivity index (χ0v) is 12.5. The molecule has 1 aliphatic heterocycles. The van der Waals surface area contributed by atoms with Crippen LogP contribution < -0.4 is 5.32 Å². The monoisotopic (exact) mass is 302 g/mol. The average molecular weight is 303 g/mol. The Morgan fingerprint density at radius 1 is 1.48 bits per heavy atom. The molecule has 1 aromatic carbocycles. The molecule has 2 heterocycles. The molecule has 0 bridgehead atoms. The summed E-state index contributed by atoms with van der Waals surface area (Å²) in [6, 6.07) is 3.83. The van der Waals surface area contributed by atoms with E-state index in [9.17, 15) is 4.79 Å². The maximum absolute atomic E-state index is 12.0. The first-order valence-corrected chi connectivity index (χ1v) is 7.33. The van der Waals surface area contributed by atoms with Gasteiger partial charge in [0.15, 0.2) is 5.60 Å². The molecular weight excluding hydrogens is 288 g/mol. The Morgan fingerprint density at radius 3 is 2.95 bits per heavy atom. The third-order valence-electron chi connectivity index (χ3n) is 4.59. The van der Waals surface area contributed by atoms with Crippen LogP contribution in [0.4, 0.5) is 0 Å². The molecule has 1 unspecified atom stereocenters. The van der Waals surface area contributed by atoms with E-state index in [4.69, 9.17) is 16.3 Å². The Labute approximate surface area is 127 Å². The first kappa shape index (κ1) is 12.9. The highest BCUT2D eigenvalue weighted by Gasteiger charge is 2.50. The second kappa shape index (κ2) is 4.12. The van der Waals surface area contributed by atoms with Gasteiger partial charge in [-0.25, -0.2) is 4.79 Å². The van der Waals surface area contributed by atoms with Crippen molar-refractivity contribution in [3.8, 4) is 0 Å². The fourth-order valence-corrected chi connectivity index (χ4v) is 3.81. The van der Waals surface area contributed by atoms with Crippen LogP contribution in [0, 0.1) is 0 Å². The van der Waals surface area contributed by atoms with Crippen molar-refractivity contribution in [2.75, 3.05) is 7.05 Å². The van der Waals surface area contributed by atoms with Gasteiger partial charge in [-0.15, -0.1) is 0 Å².